The van der Waals surface area contributed by atoms with E-state index in [4.69, 9.17) is 0 Å². The van der Waals surface area contributed by atoms with Crippen LogP contribution in [-0.4, -0.2) is 19.7 Å². The molecule has 0 spiro atoms. The van der Waals surface area contributed by atoms with Crippen LogP contribution >= 0.6 is 11.3 Å². The van der Waals surface area contributed by atoms with E-state index in [0.29, 0.717) is 11.6 Å². The van der Waals surface area contributed by atoms with Gasteiger partial charge in [0.25, 0.3) is 10.1 Å². The van der Waals surface area contributed by atoms with Crippen LogP contribution in [0.5, 0.6) is 0 Å². The largest absolute Gasteiger partial charge is 0.264 e. The highest BCUT2D eigenvalue weighted by atomic mass is 32.2. The first kappa shape index (κ1) is 11.6. The van der Waals surface area contributed by atoms with E-state index in [1.54, 1.807) is 0 Å². The van der Waals surface area contributed by atoms with Crippen molar-refractivity contribution in [3.05, 3.63) is 16.1 Å². The van der Waals surface area contributed by atoms with Crippen LogP contribution in [0.25, 0.3) is 0 Å². The quantitative estimate of drug-likeness (QED) is 0.746. The summed E-state index contributed by atoms with van der Waals surface area (Å²) in [4.78, 5) is 4.24. The van der Waals surface area contributed by atoms with E-state index in [1.165, 1.54) is 11.3 Å². The summed E-state index contributed by atoms with van der Waals surface area (Å²) in [5.74, 6) is 0.368. The second-order valence-corrected chi connectivity index (χ2v) is 5.83. The zero-order valence-corrected chi connectivity index (χ0v) is 9.98. The van der Waals surface area contributed by atoms with E-state index in [1.807, 2.05) is 19.2 Å². The van der Waals surface area contributed by atoms with Crippen molar-refractivity contribution in [1.29, 1.82) is 0 Å². The Bertz CT molecular complexity index is 394. The van der Waals surface area contributed by atoms with Crippen molar-refractivity contribution in [1.82, 2.24) is 4.98 Å². The number of nitrogens with zero attached hydrogens (tertiary/aromatic N) is 1. The predicted molar refractivity (Wildman–Crippen MR) is 55.8 cm³/mol. The molecule has 0 atom stereocenters. The number of thiazole rings is 1. The Labute approximate surface area is 88.1 Å². The van der Waals surface area contributed by atoms with Gasteiger partial charge >= 0.3 is 0 Å². The molecular formula is C8H13NO3S2. The molecule has 1 aromatic rings. The summed E-state index contributed by atoms with van der Waals surface area (Å²) in [5, 5.41) is 2.82. The summed E-state index contributed by atoms with van der Waals surface area (Å²) in [6, 6.07) is 0. The van der Waals surface area contributed by atoms with Gasteiger partial charge in [-0.15, -0.1) is 11.3 Å². The van der Waals surface area contributed by atoms with Gasteiger partial charge in [0.2, 0.25) is 0 Å². The molecule has 0 aliphatic rings. The zero-order valence-electron chi connectivity index (χ0n) is 8.35. The maximum absolute atomic E-state index is 10.7. The van der Waals surface area contributed by atoms with E-state index in [2.05, 4.69) is 9.17 Å². The first-order chi connectivity index (χ1) is 6.38. The minimum atomic E-state index is -3.37. The Hall–Kier alpha value is -0.460. The standard InChI is InChI=1S/C8H13NO3S2/c1-6(2)8-9-7(5-13-8)4-12-14(3,10)11/h5-6H,4H2,1-3H3. The van der Waals surface area contributed by atoms with Gasteiger partial charge in [-0.05, 0) is 0 Å². The van der Waals surface area contributed by atoms with Crippen molar-refractivity contribution < 1.29 is 12.6 Å². The highest BCUT2D eigenvalue weighted by molar-refractivity contribution is 7.85. The van der Waals surface area contributed by atoms with E-state index < -0.39 is 10.1 Å². The molecule has 0 aliphatic carbocycles. The van der Waals surface area contributed by atoms with Gasteiger partial charge in [-0.3, -0.25) is 4.18 Å². The monoisotopic (exact) mass is 235 g/mol. The molecule has 0 bridgehead atoms. The van der Waals surface area contributed by atoms with Crippen LogP contribution in [0.15, 0.2) is 5.38 Å². The summed E-state index contributed by atoms with van der Waals surface area (Å²) in [7, 11) is -3.37. The highest BCUT2D eigenvalue weighted by Gasteiger charge is 2.08. The molecule has 1 rings (SSSR count). The smallest absolute Gasteiger partial charge is 0.264 e. The number of rotatable bonds is 4. The van der Waals surface area contributed by atoms with Crippen LogP contribution < -0.4 is 0 Å². The minimum absolute atomic E-state index is 0.0298. The third-order valence-electron chi connectivity index (χ3n) is 1.48. The van der Waals surface area contributed by atoms with Crippen LogP contribution in [0, 0.1) is 0 Å². The summed E-state index contributed by atoms with van der Waals surface area (Å²) in [6.07, 6.45) is 1.03. The van der Waals surface area contributed by atoms with Gasteiger partial charge in [0, 0.05) is 11.3 Å². The third-order valence-corrected chi connectivity index (χ3v) is 3.22. The molecular weight excluding hydrogens is 222 g/mol. The first-order valence-corrected chi connectivity index (χ1v) is 6.87. The molecule has 0 fully saturated rings. The molecule has 4 nitrogen and oxygen atoms in total. The molecule has 0 saturated heterocycles. The number of aromatic nitrogens is 1. The molecule has 6 heteroatoms. The molecule has 0 unspecified atom stereocenters. The molecule has 0 aromatic carbocycles. The fourth-order valence-corrected chi connectivity index (χ4v) is 1.98. The Morgan fingerprint density at radius 1 is 1.57 bits per heavy atom. The van der Waals surface area contributed by atoms with Crippen molar-refractivity contribution in [3.8, 4) is 0 Å². The number of hydrogen-bond donors (Lipinski definition) is 0. The van der Waals surface area contributed by atoms with Gasteiger partial charge in [-0.25, -0.2) is 4.98 Å². The molecule has 14 heavy (non-hydrogen) atoms. The maximum Gasteiger partial charge on any atom is 0.264 e. The third kappa shape index (κ3) is 3.73. The molecule has 1 aromatic heterocycles. The average Bonchev–Trinajstić information content (AvgIpc) is 2.47. The lowest BCUT2D eigenvalue weighted by Gasteiger charge is -1.98. The number of hydrogen-bond acceptors (Lipinski definition) is 5. The van der Waals surface area contributed by atoms with E-state index >= 15 is 0 Å². The van der Waals surface area contributed by atoms with Gasteiger partial charge in [0.05, 0.1) is 17.0 Å². The predicted octanol–water partition coefficient (Wildman–Crippen LogP) is 1.74. The van der Waals surface area contributed by atoms with Crippen molar-refractivity contribution in [2.45, 2.75) is 26.4 Å². The highest BCUT2D eigenvalue weighted by Crippen LogP contribution is 2.19. The summed E-state index contributed by atoms with van der Waals surface area (Å²) >= 11 is 1.52. The topological polar surface area (TPSA) is 56.3 Å². The molecule has 0 radical (unpaired) electrons. The maximum atomic E-state index is 10.7. The van der Waals surface area contributed by atoms with E-state index in [9.17, 15) is 8.42 Å². The SMILES string of the molecule is CC(C)c1nc(COS(C)(=O)=O)cs1. The van der Waals surface area contributed by atoms with Gasteiger partial charge in [0.15, 0.2) is 0 Å². The molecule has 0 amide bonds. The second kappa shape index (κ2) is 4.37. The van der Waals surface area contributed by atoms with Crippen molar-refractivity contribution in [3.63, 3.8) is 0 Å². The van der Waals surface area contributed by atoms with Gasteiger partial charge < -0.3 is 0 Å². The Morgan fingerprint density at radius 2 is 2.21 bits per heavy atom. The second-order valence-electron chi connectivity index (χ2n) is 3.30. The van der Waals surface area contributed by atoms with Crippen molar-refractivity contribution in [2.75, 3.05) is 6.26 Å². The molecule has 0 N–H and O–H groups in total. The molecule has 80 valence electrons. The zero-order chi connectivity index (χ0) is 10.8. The van der Waals surface area contributed by atoms with Crippen LogP contribution in [0.4, 0.5) is 0 Å². The molecule has 1 heterocycles. The van der Waals surface area contributed by atoms with Crippen LogP contribution in [0.1, 0.15) is 30.5 Å². The summed E-state index contributed by atoms with van der Waals surface area (Å²) < 4.78 is 26.0. The summed E-state index contributed by atoms with van der Waals surface area (Å²) in [5.41, 5.74) is 0.670. The van der Waals surface area contributed by atoms with Crippen LogP contribution in [-0.2, 0) is 20.9 Å². The fraction of sp³-hybridized carbons (Fsp3) is 0.625. The lowest BCUT2D eigenvalue weighted by Crippen LogP contribution is -2.03. The Kier molecular flexibility index (Phi) is 3.63. The van der Waals surface area contributed by atoms with E-state index in [-0.39, 0.29) is 6.61 Å². The molecule has 0 aliphatic heterocycles. The Morgan fingerprint density at radius 3 is 2.64 bits per heavy atom. The summed E-state index contributed by atoms with van der Waals surface area (Å²) in [6.45, 7) is 4.11. The van der Waals surface area contributed by atoms with Crippen LogP contribution in [0.3, 0.4) is 0 Å². The van der Waals surface area contributed by atoms with Gasteiger partial charge in [-0.2, -0.15) is 8.42 Å². The lowest BCUT2D eigenvalue weighted by molar-refractivity contribution is 0.307. The first-order valence-electron chi connectivity index (χ1n) is 4.17. The Balaban J connectivity index is 2.61. The van der Waals surface area contributed by atoms with E-state index in [0.717, 1.165) is 11.3 Å². The van der Waals surface area contributed by atoms with Crippen LogP contribution in [0.2, 0.25) is 0 Å². The van der Waals surface area contributed by atoms with Crippen molar-refractivity contribution >= 4 is 21.5 Å². The van der Waals surface area contributed by atoms with Gasteiger partial charge in [-0.1, -0.05) is 13.8 Å². The average molecular weight is 235 g/mol. The van der Waals surface area contributed by atoms with Crippen molar-refractivity contribution in [2.24, 2.45) is 0 Å². The van der Waals surface area contributed by atoms with Gasteiger partial charge in [0.1, 0.15) is 6.61 Å². The minimum Gasteiger partial charge on any atom is -0.264 e. The lowest BCUT2D eigenvalue weighted by atomic mass is 10.2. The molecule has 0 saturated carbocycles. The normalized spacial score (nSPS) is 12.3. The fourth-order valence-electron chi connectivity index (χ4n) is 0.822.